The Hall–Kier alpha value is -1.64. The van der Waals surface area contributed by atoms with Crippen molar-refractivity contribution >= 4 is 16.0 Å². The number of hydrogen-bond donors (Lipinski definition) is 2. The molecular weight excluding hydrogens is 340 g/mol. The molecular formula is C17H28N4O3S. The van der Waals surface area contributed by atoms with Gasteiger partial charge in [0.1, 0.15) is 0 Å². The molecule has 0 atom stereocenters. The van der Waals surface area contributed by atoms with Gasteiger partial charge in [-0.2, -0.15) is 0 Å². The molecule has 1 aromatic carbocycles. The molecule has 1 heterocycles. The van der Waals surface area contributed by atoms with E-state index in [4.69, 9.17) is 4.74 Å². The molecule has 0 amide bonds. The Kier molecular flexibility index (Phi) is 7.67. The van der Waals surface area contributed by atoms with E-state index in [-0.39, 0.29) is 4.90 Å². The van der Waals surface area contributed by atoms with Crippen molar-refractivity contribution in [3.05, 3.63) is 30.3 Å². The summed E-state index contributed by atoms with van der Waals surface area (Å²) in [6, 6.07) is 8.37. The van der Waals surface area contributed by atoms with Gasteiger partial charge in [-0.05, 0) is 31.9 Å². The average molecular weight is 369 g/mol. The molecule has 0 aromatic heterocycles. The summed E-state index contributed by atoms with van der Waals surface area (Å²) in [5.41, 5.74) is 0. The number of hydrogen-bond acceptors (Lipinski definition) is 4. The molecule has 0 saturated carbocycles. The SMILES string of the molecule is CCOC1CCN(C(=NC)NCCNS(=O)(=O)c2ccccc2)CC1. The van der Waals surface area contributed by atoms with E-state index in [9.17, 15) is 8.42 Å². The Balaban J connectivity index is 1.75. The van der Waals surface area contributed by atoms with Crippen molar-refractivity contribution in [2.45, 2.75) is 30.8 Å². The first kappa shape index (κ1) is 19.7. The molecule has 1 fully saturated rings. The first-order chi connectivity index (χ1) is 12.1. The van der Waals surface area contributed by atoms with Crippen LogP contribution < -0.4 is 10.0 Å². The quantitative estimate of drug-likeness (QED) is 0.427. The number of likely N-dealkylation sites (tertiary alicyclic amines) is 1. The molecule has 8 heteroatoms. The predicted octanol–water partition coefficient (Wildman–Crippen LogP) is 1.04. The molecule has 0 radical (unpaired) electrons. The predicted molar refractivity (Wildman–Crippen MR) is 99.2 cm³/mol. The molecule has 1 aliphatic heterocycles. The lowest BCUT2D eigenvalue weighted by molar-refractivity contribution is 0.0264. The van der Waals surface area contributed by atoms with Gasteiger partial charge in [0, 0.05) is 39.8 Å². The molecule has 1 aliphatic rings. The van der Waals surface area contributed by atoms with E-state index in [1.54, 1.807) is 37.4 Å². The monoisotopic (exact) mass is 368 g/mol. The number of benzene rings is 1. The first-order valence-corrected chi connectivity index (χ1v) is 10.2. The summed E-state index contributed by atoms with van der Waals surface area (Å²) in [7, 11) is -1.72. The fourth-order valence-corrected chi connectivity index (χ4v) is 3.90. The number of ether oxygens (including phenoxy) is 1. The second-order valence-electron chi connectivity index (χ2n) is 5.83. The van der Waals surface area contributed by atoms with E-state index < -0.39 is 10.0 Å². The lowest BCUT2D eigenvalue weighted by atomic mass is 10.1. The van der Waals surface area contributed by atoms with Crippen LogP contribution in [0.1, 0.15) is 19.8 Å². The van der Waals surface area contributed by atoms with Crippen LogP contribution in [0.2, 0.25) is 0 Å². The normalized spacial score (nSPS) is 16.9. The number of sulfonamides is 1. The third-order valence-electron chi connectivity index (χ3n) is 4.11. The Morgan fingerprint density at radius 1 is 1.24 bits per heavy atom. The molecule has 0 unspecified atom stereocenters. The van der Waals surface area contributed by atoms with Crippen molar-refractivity contribution in [2.24, 2.45) is 4.99 Å². The topological polar surface area (TPSA) is 83.0 Å². The second-order valence-corrected chi connectivity index (χ2v) is 7.59. The van der Waals surface area contributed by atoms with Crippen LogP contribution >= 0.6 is 0 Å². The molecule has 0 spiro atoms. The van der Waals surface area contributed by atoms with Gasteiger partial charge in [-0.15, -0.1) is 0 Å². The molecule has 25 heavy (non-hydrogen) atoms. The summed E-state index contributed by atoms with van der Waals surface area (Å²) in [6.45, 7) is 5.32. The van der Waals surface area contributed by atoms with E-state index in [0.29, 0.717) is 19.2 Å². The Labute approximate surface area is 150 Å². The van der Waals surface area contributed by atoms with E-state index in [2.05, 4.69) is 19.9 Å². The van der Waals surface area contributed by atoms with Crippen molar-refractivity contribution < 1.29 is 13.2 Å². The van der Waals surface area contributed by atoms with Crippen molar-refractivity contribution in [3.63, 3.8) is 0 Å². The highest BCUT2D eigenvalue weighted by Gasteiger charge is 2.21. The van der Waals surface area contributed by atoms with Gasteiger partial charge in [0.05, 0.1) is 11.0 Å². The summed E-state index contributed by atoms with van der Waals surface area (Å²) in [5, 5.41) is 3.22. The van der Waals surface area contributed by atoms with Crippen molar-refractivity contribution in [1.82, 2.24) is 14.9 Å². The van der Waals surface area contributed by atoms with Crippen molar-refractivity contribution in [2.75, 3.05) is 39.8 Å². The van der Waals surface area contributed by atoms with E-state index in [1.165, 1.54) is 0 Å². The van der Waals surface area contributed by atoms with Crippen LogP contribution in [0.5, 0.6) is 0 Å². The van der Waals surface area contributed by atoms with E-state index in [0.717, 1.165) is 38.5 Å². The Morgan fingerprint density at radius 3 is 2.52 bits per heavy atom. The second kappa shape index (κ2) is 9.74. The van der Waals surface area contributed by atoms with Gasteiger partial charge >= 0.3 is 0 Å². The number of piperidine rings is 1. The van der Waals surface area contributed by atoms with Gasteiger partial charge in [-0.1, -0.05) is 18.2 Å². The molecule has 0 aliphatic carbocycles. The van der Waals surface area contributed by atoms with Gasteiger partial charge in [-0.25, -0.2) is 13.1 Å². The third kappa shape index (κ3) is 5.98. The summed E-state index contributed by atoms with van der Waals surface area (Å²) in [6.07, 6.45) is 2.29. The molecule has 2 rings (SSSR count). The maximum atomic E-state index is 12.2. The lowest BCUT2D eigenvalue weighted by Gasteiger charge is -2.34. The largest absolute Gasteiger partial charge is 0.378 e. The van der Waals surface area contributed by atoms with E-state index >= 15 is 0 Å². The fourth-order valence-electron chi connectivity index (χ4n) is 2.84. The lowest BCUT2D eigenvalue weighted by Crippen LogP contribution is -2.48. The zero-order valence-electron chi connectivity index (χ0n) is 14.9. The molecule has 0 bridgehead atoms. The Morgan fingerprint density at radius 2 is 1.92 bits per heavy atom. The third-order valence-corrected chi connectivity index (χ3v) is 5.59. The van der Waals surface area contributed by atoms with Gasteiger partial charge in [0.2, 0.25) is 10.0 Å². The highest BCUT2D eigenvalue weighted by molar-refractivity contribution is 7.89. The minimum Gasteiger partial charge on any atom is -0.378 e. The minimum absolute atomic E-state index is 0.275. The van der Waals surface area contributed by atoms with Crippen LogP contribution in [0.15, 0.2) is 40.2 Å². The van der Waals surface area contributed by atoms with Gasteiger partial charge in [0.15, 0.2) is 5.96 Å². The number of guanidine groups is 1. The highest BCUT2D eigenvalue weighted by atomic mass is 32.2. The Bertz CT molecular complexity index is 641. The van der Waals surface area contributed by atoms with Crippen LogP contribution in [0, 0.1) is 0 Å². The fraction of sp³-hybridized carbons (Fsp3) is 0.588. The molecule has 1 saturated heterocycles. The summed E-state index contributed by atoms with van der Waals surface area (Å²) in [5.74, 6) is 0.800. The molecule has 1 aromatic rings. The van der Waals surface area contributed by atoms with Crippen LogP contribution in [-0.2, 0) is 14.8 Å². The number of aliphatic imine (C=N–C) groups is 1. The van der Waals surface area contributed by atoms with Gasteiger partial charge in [-0.3, -0.25) is 4.99 Å². The summed E-state index contributed by atoms with van der Waals surface area (Å²) >= 11 is 0. The maximum Gasteiger partial charge on any atom is 0.240 e. The van der Waals surface area contributed by atoms with Crippen molar-refractivity contribution in [1.29, 1.82) is 0 Å². The molecule has 2 N–H and O–H groups in total. The first-order valence-electron chi connectivity index (χ1n) is 8.68. The average Bonchev–Trinajstić information content (AvgIpc) is 2.64. The molecule has 140 valence electrons. The van der Waals surface area contributed by atoms with Gasteiger partial charge in [0.25, 0.3) is 0 Å². The standard InChI is InChI=1S/C17H28N4O3S/c1-3-24-15-9-13-21(14-10-15)17(18-2)19-11-12-20-25(22,23)16-7-5-4-6-8-16/h4-8,15,20H,3,9-14H2,1-2H3,(H,18,19). The highest BCUT2D eigenvalue weighted by Crippen LogP contribution is 2.13. The summed E-state index contributed by atoms with van der Waals surface area (Å²) < 4.78 is 32.6. The zero-order valence-corrected chi connectivity index (χ0v) is 15.8. The van der Waals surface area contributed by atoms with Crippen LogP contribution in [0.25, 0.3) is 0 Å². The smallest absolute Gasteiger partial charge is 0.240 e. The van der Waals surface area contributed by atoms with Crippen LogP contribution in [-0.4, -0.2) is 65.2 Å². The minimum atomic E-state index is -3.46. The molecule has 7 nitrogen and oxygen atoms in total. The van der Waals surface area contributed by atoms with Gasteiger partial charge < -0.3 is 15.0 Å². The number of rotatable bonds is 7. The van der Waals surface area contributed by atoms with Crippen LogP contribution in [0.4, 0.5) is 0 Å². The number of nitrogens with one attached hydrogen (secondary N) is 2. The maximum absolute atomic E-state index is 12.2. The summed E-state index contributed by atoms with van der Waals surface area (Å²) in [4.78, 5) is 6.75. The van der Waals surface area contributed by atoms with Crippen molar-refractivity contribution in [3.8, 4) is 0 Å². The van der Waals surface area contributed by atoms with E-state index in [1.807, 2.05) is 6.92 Å². The zero-order chi connectivity index (χ0) is 18.1. The number of nitrogens with zero attached hydrogens (tertiary/aromatic N) is 2. The van der Waals surface area contributed by atoms with Crippen LogP contribution in [0.3, 0.4) is 0 Å².